The van der Waals surface area contributed by atoms with Gasteiger partial charge in [0, 0.05) is 12.6 Å². The Morgan fingerprint density at radius 2 is 1.66 bits per heavy atom. The summed E-state index contributed by atoms with van der Waals surface area (Å²) in [5.74, 6) is 0.782. The van der Waals surface area contributed by atoms with Crippen LogP contribution >= 0.6 is 0 Å². The number of hydrogen-bond donors (Lipinski definition) is 0. The van der Waals surface area contributed by atoms with Crippen LogP contribution in [0.5, 0.6) is 5.75 Å². The van der Waals surface area contributed by atoms with E-state index in [0.29, 0.717) is 29.8 Å². The highest BCUT2D eigenvalue weighted by Gasteiger charge is 2.26. The van der Waals surface area contributed by atoms with Crippen molar-refractivity contribution >= 4 is 11.0 Å². The molecule has 3 aromatic carbocycles. The number of hydrogen-bond acceptors (Lipinski definition) is 4. The zero-order valence-corrected chi connectivity index (χ0v) is 16.2. The van der Waals surface area contributed by atoms with Gasteiger partial charge in [0.25, 0.3) is 0 Å². The van der Waals surface area contributed by atoms with E-state index < -0.39 is 0 Å². The zero-order chi connectivity index (χ0) is 19.8. The van der Waals surface area contributed by atoms with Crippen molar-refractivity contribution < 1.29 is 9.15 Å². The third-order valence-electron chi connectivity index (χ3n) is 5.66. The molecule has 1 aliphatic rings. The van der Waals surface area contributed by atoms with Crippen LogP contribution in [0.1, 0.15) is 24.1 Å². The summed E-state index contributed by atoms with van der Waals surface area (Å²) < 4.78 is 12.0. The first-order chi connectivity index (χ1) is 14.2. The highest BCUT2D eigenvalue weighted by molar-refractivity contribution is 5.85. The van der Waals surface area contributed by atoms with E-state index in [-0.39, 0.29) is 11.5 Å². The van der Waals surface area contributed by atoms with Crippen LogP contribution in [0.25, 0.3) is 22.1 Å². The second-order valence-corrected chi connectivity index (χ2v) is 7.37. The lowest BCUT2D eigenvalue weighted by atomic mass is 10.0. The molecule has 0 bridgehead atoms. The molecule has 0 aliphatic carbocycles. The summed E-state index contributed by atoms with van der Waals surface area (Å²) in [7, 11) is 0. The van der Waals surface area contributed by atoms with E-state index in [1.54, 1.807) is 6.26 Å². The summed E-state index contributed by atoms with van der Waals surface area (Å²) in [5, 5.41) is 0.586. The van der Waals surface area contributed by atoms with Crippen molar-refractivity contribution in [2.45, 2.75) is 19.5 Å². The van der Waals surface area contributed by atoms with Gasteiger partial charge in [-0.15, -0.1) is 0 Å². The average molecular weight is 383 g/mol. The Labute approximate surface area is 169 Å². The Kier molecular flexibility index (Phi) is 4.41. The Bertz CT molecular complexity index is 1220. The molecule has 0 amide bonds. The maximum atomic E-state index is 13.1. The molecule has 2 heterocycles. The predicted octanol–water partition coefficient (Wildman–Crippen LogP) is 5.37. The van der Waals surface area contributed by atoms with Gasteiger partial charge in [0.05, 0.1) is 16.5 Å². The molecular formula is C25H21NO3. The molecule has 144 valence electrons. The molecule has 0 spiro atoms. The van der Waals surface area contributed by atoms with E-state index in [4.69, 9.17) is 9.15 Å². The molecule has 0 radical (unpaired) electrons. The summed E-state index contributed by atoms with van der Waals surface area (Å²) in [6.07, 6.45) is 1.57. The fourth-order valence-corrected chi connectivity index (χ4v) is 3.93. The van der Waals surface area contributed by atoms with Crippen molar-refractivity contribution in [1.29, 1.82) is 0 Å². The largest absolute Gasteiger partial charge is 0.478 e. The van der Waals surface area contributed by atoms with Crippen LogP contribution in [0.3, 0.4) is 0 Å². The Morgan fingerprint density at radius 3 is 2.41 bits per heavy atom. The molecule has 1 aromatic heterocycles. The Hall–Kier alpha value is -3.37. The number of rotatable bonds is 3. The first kappa shape index (κ1) is 17.7. The van der Waals surface area contributed by atoms with Crippen molar-refractivity contribution in [2.24, 2.45) is 0 Å². The quantitative estimate of drug-likeness (QED) is 0.477. The number of benzene rings is 3. The molecule has 5 rings (SSSR count). The predicted molar refractivity (Wildman–Crippen MR) is 114 cm³/mol. The Morgan fingerprint density at radius 1 is 0.931 bits per heavy atom. The first-order valence-corrected chi connectivity index (χ1v) is 9.77. The SMILES string of the molecule is CC(c1ccccc1)N1COc2ccc3c(=O)c(-c4ccccc4)coc3c2C1. The van der Waals surface area contributed by atoms with Gasteiger partial charge in [-0.3, -0.25) is 9.69 Å². The molecule has 1 unspecified atom stereocenters. The topological polar surface area (TPSA) is 42.7 Å². The van der Waals surface area contributed by atoms with E-state index in [1.807, 2.05) is 60.7 Å². The standard InChI is InChI=1S/C25H21NO3/c1-17(18-8-4-2-5-9-18)26-14-21-23(29-16-26)13-12-20-24(27)22(15-28-25(20)21)19-10-6-3-7-11-19/h2-13,15,17H,14,16H2,1H3. The van der Waals surface area contributed by atoms with Gasteiger partial charge in [0.2, 0.25) is 5.43 Å². The zero-order valence-electron chi connectivity index (χ0n) is 16.2. The highest BCUT2D eigenvalue weighted by Crippen LogP contribution is 2.35. The summed E-state index contributed by atoms with van der Waals surface area (Å²) in [6.45, 7) is 3.33. The van der Waals surface area contributed by atoms with Gasteiger partial charge in [0.15, 0.2) is 0 Å². The van der Waals surface area contributed by atoms with Crippen molar-refractivity contribution in [2.75, 3.05) is 6.73 Å². The molecule has 0 saturated carbocycles. The van der Waals surface area contributed by atoms with Crippen molar-refractivity contribution in [3.63, 3.8) is 0 Å². The second-order valence-electron chi connectivity index (χ2n) is 7.37. The monoisotopic (exact) mass is 383 g/mol. The van der Waals surface area contributed by atoms with E-state index in [0.717, 1.165) is 16.9 Å². The van der Waals surface area contributed by atoms with E-state index >= 15 is 0 Å². The van der Waals surface area contributed by atoms with Gasteiger partial charge in [-0.1, -0.05) is 60.7 Å². The minimum Gasteiger partial charge on any atom is -0.478 e. The van der Waals surface area contributed by atoms with Crippen LogP contribution in [0, 0.1) is 0 Å². The molecule has 4 nitrogen and oxygen atoms in total. The molecule has 29 heavy (non-hydrogen) atoms. The average Bonchev–Trinajstić information content (AvgIpc) is 2.79. The molecule has 1 atom stereocenters. The minimum atomic E-state index is -0.0199. The number of fused-ring (bicyclic) bond motifs is 3. The van der Waals surface area contributed by atoms with Gasteiger partial charge in [0.1, 0.15) is 24.3 Å². The Balaban J connectivity index is 1.56. The molecule has 4 aromatic rings. The van der Waals surface area contributed by atoms with Crippen molar-refractivity contribution in [3.8, 4) is 16.9 Å². The van der Waals surface area contributed by atoms with E-state index in [9.17, 15) is 4.79 Å². The smallest absolute Gasteiger partial charge is 0.200 e. The van der Waals surface area contributed by atoms with Crippen LogP contribution in [0.15, 0.2) is 88.3 Å². The lowest BCUT2D eigenvalue weighted by Crippen LogP contribution is -2.34. The number of ether oxygens (including phenoxy) is 1. The van der Waals surface area contributed by atoms with Gasteiger partial charge in [-0.2, -0.15) is 0 Å². The molecule has 4 heteroatoms. The van der Waals surface area contributed by atoms with Crippen molar-refractivity contribution in [3.05, 3.63) is 100 Å². The highest BCUT2D eigenvalue weighted by atomic mass is 16.5. The maximum Gasteiger partial charge on any atom is 0.200 e. The minimum absolute atomic E-state index is 0.0199. The normalized spacial score (nSPS) is 14.9. The molecular weight excluding hydrogens is 362 g/mol. The lowest BCUT2D eigenvalue weighted by Gasteiger charge is -2.34. The van der Waals surface area contributed by atoms with Gasteiger partial charge in [-0.25, -0.2) is 0 Å². The third kappa shape index (κ3) is 3.12. The summed E-state index contributed by atoms with van der Waals surface area (Å²) in [5.41, 5.74) is 4.17. The van der Waals surface area contributed by atoms with Crippen LogP contribution in [0.4, 0.5) is 0 Å². The molecule has 1 aliphatic heterocycles. The van der Waals surface area contributed by atoms with Crippen LogP contribution in [-0.4, -0.2) is 11.6 Å². The van der Waals surface area contributed by atoms with Gasteiger partial charge < -0.3 is 9.15 Å². The summed E-state index contributed by atoms with van der Waals surface area (Å²) in [4.78, 5) is 15.4. The van der Waals surface area contributed by atoms with Crippen molar-refractivity contribution in [1.82, 2.24) is 4.90 Å². The summed E-state index contributed by atoms with van der Waals surface area (Å²) in [6, 6.07) is 23.8. The van der Waals surface area contributed by atoms with Crippen LogP contribution in [0.2, 0.25) is 0 Å². The van der Waals surface area contributed by atoms with Crippen LogP contribution in [-0.2, 0) is 6.54 Å². The van der Waals surface area contributed by atoms with E-state index in [1.165, 1.54) is 5.56 Å². The lowest BCUT2D eigenvalue weighted by molar-refractivity contribution is 0.0620. The fraction of sp³-hybridized carbons (Fsp3) is 0.160. The molecule has 0 N–H and O–H groups in total. The summed E-state index contributed by atoms with van der Waals surface area (Å²) >= 11 is 0. The third-order valence-corrected chi connectivity index (χ3v) is 5.66. The molecule has 0 fully saturated rings. The molecule has 0 saturated heterocycles. The second kappa shape index (κ2) is 7.22. The van der Waals surface area contributed by atoms with Gasteiger partial charge >= 0.3 is 0 Å². The van der Waals surface area contributed by atoms with Crippen LogP contribution < -0.4 is 10.2 Å². The number of nitrogens with zero attached hydrogens (tertiary/aromatic N) is 1. The maximum absolute atomic E-state index is 13.1. The fourth-order valence-electron chi connectivity index (χ4n) is 3.93. The first-order valence-electron chi connectivity index (χ1n) is 9.77. The van der Waals surface area contributed by atoms with E-state index in [2.05, 4.69) is 24.0 Å². The van der Waals surface area contributed by atoms with Gasteiger partial charge in [-0.05, 0) is 30.2 Å².